The van der Waals surface area contributed by atoms with Gasteiger partial charge in [-0.25, -0.2) is 13.1 Å². The van der Waals surface area contributed by atoms with E-state index in [9.17, 15) is 8.42 Å². The van der Waals surface area contributed by atoms with Crippen LogP contribution >= 0.6 is 0 Å². The number of benzene rings is 1. The number of aryl methyl sites for hydroxylation is 1. The summed E-state index contributed by atoms with van der Waals surface area (Å²) in [7, 11) is -3.60. The molecule has 1 aromatic rings. The van der Waals surface area contributed by atoms with Crippen LogP contribution in [0.4, 0.5) is 0 Å². The van der Waals surface area contributed by atoms with Crippen LogP contribution in [0, 0.1) is 24.2 Å². The Balaban J connectivity index is 3.08. The Morgan fingerprint density at radius 3 is 2.47 bits per heavy atom. The topological polar surface area (TPSA) is 96.0 Å². The molecule has 0 radical (unpaired) electrons. The molecule has 1 atom stereocenters. The molecule has 5 nitrogen and oxygen atoms in total. The fourth-order valence-electron chi connectivity index (χ4n) is 1.65. The SMILES string of the molecule is Cc1cc(S(=O)(=O)NC(CN)C(C)C)ccc1C#N. The normalized spacial score (nSPS) is 13.3. The van der Waals surface area contributed by atoms with Gasteiger partial charge in [0.25, 0.3) is 0 Å². The zero-order valence-electron chi connectivity index (χ0n) is 11.3. The maximum atomic E-state index is 12.2. The molecule has 0 saturated carbocycles. The fraction of sp³-hybridized carbons (Fsp3) is 0.462. The third-order valence-electron chi connectivity index (χ3n) is 2.99. The Morgan fingerprint density at radius 2 is 2.05 bits per heavy atom. The summed E-state index contributed by atoms with van der Waals surface area (Å²) in [4.78, 5) is 0.156. The summed E-state index contributed by atoms with van der Waals surface area (Å²) in [6.45, 7) is 5.76. The number of hydrogen-bond donors (Lipinski definition) is 2. The monoisotopic (exact) mass is 281 g/mol. The van der Waals surface area contributed by atoms with Crippen molar-refractivity contribution in [3.05, 3.63) is 29.3 Å². The largest absolute Gasteiger partial charge is 0.329 e. The Hall–Kier alpha value is -1.42. The number of nitrogens with two attached hydrogens (primary N) is 1. The van der Waals surface area contributed by atoms with E-state index in [0.29, 0.717) is 11.1 Å². The summed E-state index contributed by atoms with van der Waals surface area (Å²) in [6, 6.07) is 6.14. The number of nitrogens with one attached hydrogen (secondary N) is 1. The zero-order valence-corrected chi connectivity index (χ0v) is 12.2. The van der Waals surface area contributed by atoms with E-state index in [1.54, 1.807) is 6.92 Å². The van der Waals surface area contributed by atoms with E-state index in [1.807, 2.05) is 19.9 Å². The van der Waals surface area contributed by atoms with Crippen molar-refractivity contribution < 1.29 is 8.42 Å². The van der Waals surface area contributed by atoms with Gasteiger partial charge < -0.3 is 5.73 Å². The van der Waals surface area contributed by atoms with E-state index in [0.717, 1.165) is 0 Å². The van der Waals surface area contributed by atoms with E-state index < -0.39 is 10.0 Å². The molecule has 0 aliphatic heterocycles. The van der Waals surface area contributed by atoms with Crippen LogP contribution < -0.4 is 10.5 Å². The number of rotatable bonds is 5. The number of hydrogen-bond acceptors (Lipinski definition) is 4. The van der Waals surface area contributed by atoms with Gasteiger partial charge in [0.1, 0.15) is 0 Å². The highest BCUT2D eigenvalue weighted by molar-refractivity contribution is 7.89. The molecular weight excluding hydrogens is 262 g/mol. The maximum absolute atomic E-state index is 12.2. The second-order valence-corrected chi connectivity index (χ2v) is 6.51. The Labute approximate surface area is 114 Å². The summed E-state index contributed by atoms with van der Waals surface area (Å²) in [5, 5.41) is 8.84. The lowest BCUT2D eigenvalue weighted by Gasteiger charge is -2.20. The number of nitriles is 1. The van der Waals surface area contributed by atoms with E-state index in [2.05, 4.69) is 4.72 Å². The molecule has 3 N–H and O–H groups in total. The van der Waals surface area contributed by atoms with E-state index in [-0.39, 0.29) is 23.4 Å². The first-order chi connectivity index (χ1) is 8.81. The molecule has 0 saturated heterocycles. The Morgan fingerprint density at radius 1 is 1.42 bits per heavy atom. The highest BCUT2D eigenvalue weighted by atomic mass is 32.2. The smallest absolute Gasteiger partial charge is 0.240 e. The average molecular weight is 281 g/mol. The van der Waals surface area contributed by atoms with Crippen molar-refractivity contribution in [2.75, 3.05) is 6.54 Å². The molecule has 1 unspecified atom stereocenters. The molecule has 0 fully saturated rings. The third kappa shape index (κ3) is 3.77. The first-order valence-corrected chi connectivity index (χ1v) is 7.53. The lowest BCUT2D eigenvalue weighted by atomic mass is 10.1. The van der Waals surface area contributed by atoms with Gasteiger partial charge in [-0.05, 0) is 36.6 Å². The van der Waals surface area contributed by atoms with Crippen molar-refractivity contribution in [2.24, 2.45) is 11.7 Å². The molecule has 0 aliphatic rings. The predicted octanol–water partition coefficient (Wildman–Crippen LogP) is 1.13. The second-order valence-electron chi connectivity index (χ2n) is 4.80. The van der Waals surface area contributed by atoms with Crippen LogP contribution in [-0.2, 0) is 10.0 Å². The van der Waals surface area contributed by atoms with Gasteiger partial charge in [-0.3, -0.25) is 0 Å². The summed E-state index contributed by atoms with van der Waals surface area (Å²) in [6.07, 6.45) is 0. The van der Waals surface area contributed by atoms with Crippen molar-refractivity contribution in [3.8, 4) is 6.07 Å². The van der Waals surface area contributed by atoms with Crippen LogP contribution in [0.25, 0.3) is 0 Å². The maximum Gasteiger partial charge on any atom is 0.240 e. The van der Waals surface area contributed by atoms with E-state index >= 15 is 0 Å². The number of sulfonamides is 1. The minimum atomic E-state index is -3.60. The molecule has 0 aliphatic carbocycles. The molecule has 1 rings (SSSR count). The summed E-state index contributed by atoms with van der Waals surface area (Å²) < 4.78 is 27.0. The molecule has 0 amide bonds. The average Bonchev–Trinajstić information content (AvgIpc) is 2.35. The highest BCUT2D eigenvalue weighted by Crippen LogP contribution is 2.16. The quantitative estimate of drug-likeness (QED) is 0.845. The summed E-state index contributed by atoms with van der Waals surface area (Å²) >= 11 is 0. The highest BCUT2D eigenvalue weighted by Gasteiger charge is 2.21. The van der Waals surface area contributed by atoms with Gasteiger partial charge in [-0.1, -0.05) is 13.8 Å². The van der Waals surface area contributed by atoms with Crippen LogP contribution in [0.5, 0.6) is 0 Å². The Kier molecular flexibility index (Phi) is 5.06. The lowest BCUT2D eigenvalue weighted by molar-refractivity contribution is 0.455. The molecule has 104 valence electrons. The van der Waals surface area contributed by atoms with Crippen molar-refractivity contribution in [3.63, 3.8) is 0 Å². The minimum absolute atomic E-state index is 0.110. The van der Waals surface area contributed by atoms with E-state index in [4.69, 9.17) is 11.0 Å². The van der Waals surface area contributed by atoms with Gasteiger partial charge in [0.15, 0.2) is 0 Å². The van der Waals surface area contributed by atoms with Crippen LogP contribution in [-0.4, -0.2) is 21.0 Å². The standard InChI is InChI=1S/C13H19N3O2S/c1-9(2)13(8-15)16-19(17,18)12-5-4-11(7-14)10(3)6-12/h4-6,9,13,16H,8,15H2,1-3H3. The van der Waals surface area contributed by atoms with Gasteiger partial charge >= 0.3 is 0 Å². The fourth-order valence-corrected chi connectivity index (χ4v) is 3.13. The zero-order chi connectivity index (χ0) is 14.6. The molecule has 0 bridgehead atoms. The van der Waals surface area contributed by atoms with Gasteiger partial charge in [0.2, 0.25) is 10.0 Å². The first kappa shape index (κ1) is 15.6. The summed E-state index contributed by atoms with van der Waals surface area (Å²) in [5.74, 6) is 0.110. The molecular formula is C13H19N3O2S. The van der Waals surface area contributed by atoms with Crippen LogP contribution in [0.3, 0.4) is 0 Å². The Bertz CT molecular complexity index is 588. The van der Waals surface area contributed by atoms with Crippen LogP contribution in [0.2, 0.25) is 0 Å². The third-order valence-corrected chi connectivity index (χ3v) is 4.48. The number of nitrogens with zero attached hydrogens (tertiary/aromatic N) is 1. The second kappa shape index (κ2) is 6.15. The van der Waals surface area contributed by atoms with Crippen molar-refractivity contribution >= 4 is 10.0 Å². The van der Waals surface area contributed by atoms with Crippen molar-refractivity contribution in [1.29, 1.82) is 5.26 Å². The first-order valence-electron chi connectivity index (χ1n) is 6.05. The molecule has 19 heavy (non-hydrogen) atoms. The van der Waals surface area contributed by atoms with E-state index in [1.165, 1.54) is 18.2 Å². The molecule has 6 heteroatoms. The lowest BCUT2D eigenvalue weighted by Crippen LogP contribution is -2.43. The minimum Gasteiger partial charge on any atom is -0.329 e. The summed E-state index contributed by atoms with van der Waals surface area (Å²) in [5.41, 5.74) is 6.67. The van der Waals surface area contributed by atoms with Gasteiger partial charge in [-0.2, -0.15) is 5.26 Å². The van der Waals surface area contributed by atoms with Crippen LogP contribution in [0.15, 0.2) is 23.1 Å². The van der Waals surface area contributed by atoms with Crippen LogP contribution in [0.1, 0.15) is 25.0 Å². The molecule has 1 aromatic carbocycles. The molecule has 0 heterocycles. The van der Waals surface area contributed by atoms with Gasteiger partial charge in [0.05, 0.1) is 16.5 Å². The molecule has 0 aromatic heterocycles. The van der Waals surface area contributed by atoms with Crippen molar-refractivity contribution in [1.82, 2.24) is 4.72 Å². The van der Waals surface area contributed by atoms with Gasteiger partial charge in [-0.15, -0.1) is 0 Å². The van der Waals surface area contributed by atoms with Crippen molar-refractivity contribution in [2.45, 2.75) is 31.7 Å². The molecule has 0 spiro atoms. The van der Waals surface area contributed by atoms with Gasteiger partial charge in [0, 0.05) is 12.6 Å². The predicted molar refractivity (Wildman–Crippen MR) is 73.9 cm³/mol.